The average molecular weight is 308 g/mol. The summed E-state index contributed by atoms with van der Waals surface area (Å²) in [5.74, 6) is 0.361. The molecule has 21 heavy (non-hydrogen) atoms. The van der Waals surface area contributed by atoms with Crippen LogP contribution in [0.5, 0.6) is 5.75 Å². The van der Waals surface area contributed by atoms with E-state index in [-0.39, 0.29) is 11.4 Å². The normalized spacial score (nSPS) is 10.4. The number of aliphatic carboxylic acids is 1. The van der Waals surface area contributed by atoms with Gasteiger partial charge >= 0.3 is 11.9 Å². The van der Waals surface area contributed by atoms with Gasteiger partial charge < -0.3 is 15.1 Å². The third kappa shape index (κ3) is 6.07. The second kappa shape index (κ2) is 6.87. The van der Waals surface area contributed by atoms with E-state index in [4.69, 9.17) is 5.11 Å². The predicted molar refractivity (Wildman–Crippen MR) is 77.2 cm³/mol. The average Bonchev–Trinajstić information content (AvgIpc) is 2.35. The van der Waals surface area contributed by atoms with Gasteiger partial charge in [-0.15, -0.1) is 11.0 Å². The number of carboxylic acids is 1. The van der Waals surface area contributed by atoms with Crippen molar-refractivity contribution < 1.29 is 24.6 Å². The molecule has 7 nitrogen and oxygen atoms in total. The molecule has 0 aliphatic carbocycles. The van der Waals surface area contributed by atoms with Crippen LogP contribution in [0.15, 0.2) is 12.3 Å². The van der Waals surface area contributed by atoms with Gasteiger partial charge in [0.25, 0.3) is 0 Å². The van der Waals surface area contributed by atoms with Crippen molar-refractivity contribution in [3.63, 3.8) is 0 Å². The van der Waals surface area contributed by atoms with Crippen molar-refractivity contribution in [2.45, 2.75) is 19.6 Å². The van der Waals surface area contributed by atoms with Gasteiger partial charge in [0.1, 0.15) is 20.4 Å². The summed E-state index contributed by atoms with van der Waals surface area (Å²) in [4.78, 5) is 30.0. The standard InChI is InChI=1S/C13H16N2O5Si/c1-21(2,3)5-4-9-6-10(16)12(14-7-9)13(19)20-15-8-11(17)18/h6-7,15-16H,8H2,1-3H3,(H,17,18). The molecule has 0 atom stereocenters. The van der Waals surface area contributed by atoms with Crippen LogP contribution in [0.2, 0.25) is 19.6 Å². The van der Waals surface area contributed by atoms with Crippen LogP contribution in [-0.4, -0.2) is 41.8 Å². The van der Waals surface area contributed by atoms with Gasteiger partial charge in [-0.05, 0) is 6.07 Å². The van der Waals surface area contributed by atoms with Gasteiger partial charge in [-0.3, -0.25) is 4.79 Å². The van der Waals surface area contributed by atoms with Crippen LogP contribution in [0.3, 0.4) is 0 Å². The lowest BCUT2D eigenvalue weighted by Crippen LogP contribution is -2.26. The SMILES string of the molecule is C[Si](C)(C)C#Cc1cnc(C(=O)ONCC(=O)O)c(O)c1. The minimum atomic E-state index is -1.55. The molecule has 0 amide bonds. The number of hydroxylamine groups is 1. The van der Waals surface area contributed by atoms with Crippen molar-refractivity contribution in [2.75, 3.05) is 6.54 Å². The van der Waals surface area contributed by atoms with Gasteiger partial charge in [-0.25, -0.2) is 9.78 Å². The Morgan fingerprint density at radius 2 is 2.10 bits per heavy atom. The maximum atomic E-state index is 11.5. The third-order valence-electron chi connectivity index (χ3n) is 2.03. The molecule has 0 aromatic carbocycles. The summed E-state index contributed by atoms with van der Waals surface area (Å²) in [6.07, 6.45) is 1.35. The molecule has 0 aliphatic heterocycles. The molecule has 0 radical (unpaired) electrons. The van der Waals surface area contributed by atoms with Crippen molar-refractivity contribution in [1.82, 2.24) is 10.5 Å². The molecule has 0 saturated carbocycles. The Hall–Kier alpha value is -2.37. The fourth-order valence-electron chi connectivity index (χ4n) is 1.15. The first-order valence-corrected chi connectivity index (χ1v) is 9.57. The van der Waals surface area contributed by atoms with Crippen LogP contribution in [0, 0.1) is 11.5 Å². The number of nitrogens with one attached hydrogen (secondary N) is 1. The molecule has 0 saturated heterocycles. The number of aromatic nitrogens is 1. The molecule has 0 fully saturated rings. The first-order chi connectivity index (χ1) is 9.69. The molecular weight excluding hydrogens is 292 g/mol. The summed E-state index contributed by atoms with van der Waals surface area (Å²) >= 11 is 0. The van der Waals surface area contributed by atoms with E-state index in [0.29, 0.717) is 5.56 Å². The first kappa shape index (κ1) is 16.7. The summed E-state index contributed by atoms with van der Waals surface area (Å²) in [6, 6.07) is 1.31. The first-order valence-electron chi connectivity index (χ1n) is 6.07. The second-order valence-electron chi connectivity index (χ2n) is 5.20. The highest BCUT2D eigenvalue weighted by Crippen LogP contribution is 2.16. The molecule has 0 unspecified atom stereocenters. The maximum Gasteiger partial charge on any atom is 0.379 e. The number of carbonyl (C=O) groups excluding carboxylic acids is 1. The topological polar surface area (TPSA) is 109 Å². The number of pyridine rings is 1. The summed E-state index contributed by atoms with van der Waals surface area (Å²) in [5.41, 5.74) is 5.23. The molecule has 1 heterocycles. The van der Waals surface area contributed by atoms with E-state index in [2.05, 4.69) is 40.9 Å². The van der Waals surface area contributed by atoms with E-state index in [1.807, 2.05) is 5.48 Å². The second-order valence-corrected chi connectivity index (χ2v) is 9.95. The Balaban J connectivity index is 2.80. The molecule has 112 valence electrons. The summed E-state index contributed by atoms with van der Waals surface area (Å²) < 4.78 is 0. The fourth-order valence-corrected chi connectivity index (χ4v) is 1.67. The fraction of sp³-hybridized carbons (Fsp3) is 0.308. The minimum absolute atomic E-state index is 0.313. The number of aromatic hydroxyl groups is 1. The molecule has 0 aliphatic rings. The molecular formula is C13H16N2O5Si. The highest BCUT2D eigenvalue weighted by Gasteiger charge is 2.16. The molecule has 0 bridgehead atoms. The number of carboxylic acid groups (broad SMARTS) is 1. The lowest BCUT2D eigenvalue weighted by molar-refractivity contribution is -0.137. The van der Waals surface area contributed by atoms with Gasteiger partial charge in [0.05, 0.1) is 0 Å². The predicted octanol–water partition coefficient (Wildman–Crippen LogP) is 0.762. The van der Waals surface area contributed by atoms with E-state index in [1.165, 1.54) is 12.3 Å². The van der Waals surface area contributed by atoms with E-state index in [1.54, 1.807) is 0 Å². The van der Waals surface area contributed by atoms with Crippen molar-refractivity contribution in [3.8, 4) is 17.2 Å². The van der Waals surface area contributed by atoms with Crippen LogP contribution in [0.25, 0.3) is 0 Å². The number of carbonyl (C=O) groups is 2. The third-order valence-corrected chi connectivity index (χ3v) is 2.91. The van der Waals surface area contributed by atoms with Crippen molar-refractivity contribution in [1.29, 1.82) is 0 Å². The number of hydrogen-bond donors (Lipinski definition) is 3. The van der Waals surface area contributed by atoms with Gasteiger partial charge in [0.15, 0.2) is 5.69 Å². The number of hydrogen-bond acceptors (Lipinski definition) is 6. The van der Waals surface area contributed by atoms with Crippen LogP contribution in [-0.2, 0) is 9.63 Å². The van der Waals surface area contributed by atoms with Crippen molar-refractivity contribution >= 4 is 20.0 Å². The zero-order valence-corrected chi connectivity index (χ0v) is 12.9. The lowest BCUT2D eigenvalue weighted by Gasteiger charge is -2.05. The highest BCUT2D eigenvalue weighted by molar-refractivity contribution is 6.83. The Labute approximate surface area is 122 Å². The zero-order chi connectivity index (χ0) is 16.0. The van der Waals surface area contributed by atoms with E-state index >= 15 is 0 Å². The number of nitrogens with zero attached hydrogens (tertiary/aromatic N) is 1. The smallest absolute Gasteiger partial charge is 0.379 e. The Morgan fingerprint density at radius 1 is 1.43 bits per heavy atom. The highest BCUT2D eigenvalue weighted by atomic mass is 28.3. The van der Waals surface area contributed by atoms with Crippen molar-refractivity contribution in [3.05, 3.63) is 23.5 Å². The molecule has 3 N–H and O–H groups in total. The van der Waals surface area contributed by atoms with E-state index in [9.17, 15) is 14.7 Å². The van der Waals surface area contributed by atoms with Gasteiger partial charge in [0.2, 0.25) is 0 Å². The van der Waals surface area contributed by atoms with Crippen LogP contribution in [0.4, 0.5) is 0 Å². The molecule has 1 rings (SSSR count). The van der Waals surface area contributed by atoms with Gasteiger partial charge in [-0.1, -0.05) is 25.6 Å². The van der Waals surface area contributed by atoms with Crippen LogP contribution < -0.4 is 5.48 Å². The lowest BCUT2D eigenvalue weighted by atomic mass is 10.2. The monoisotopic (exact) mass is 308 g/mol. The van der Waals surface area contributed by atoms with Crippen LogP contribution in [0.1, 0.15) is 16.1 Å². The summed E-state index contributed by atoms with van der Waals surface area (Å²) in [5, 5.41) is 18.1. The minimum Gasteiger partial charge on any atom is -0.505 e. The Morgan fingerprint density at radius 3 is 2.62 bits per heavy atom. The van der Waals surface area contributed by atoms with Crippen LogP contribution >= 0.6 is 0 Å². The number of rotatable bonds is 4. The summed E-state index contributed by atoms with van der Waals surface area (Å²) in [7, 11) is -1.55. The van der Waals surface area contributed by atoms with Crippen molar-refractivity contribution in [2.24, 2.45) is 0 Å². The van der Waals surface area contributed by atoms with E-state index < -0.39 is 26.6 Å². The zero-order valence-electron chi connectivity index (χ0n) is 11.9. The largest absolute Gasteiger partial charge is 0.505 e. The summed E-state index contributed by atoms with van der Waals surface area (Å²) in [6.45, 7) is 5.68. The Bertz CT molecular complexity index is 613. The molecule has 1 aromatic rings. The van der Waals surface area contributed by atoms with Gasteiger partial charge in [0, 0.05) is 11.8 Å². The molecule has 1 aromatic heterocycles. The quantitative estimate of drug-likeness (QED) is 0.428. The molecule has 0 spiro atoms. The van der Waals surface area contributed by atoms with Gasteiger partial charge in [-0.2, -0.15) is 0 Å². The van der Waals surface area contributed by atoms with E-state index in [0.717, 1.165) is 0 Å². The Kier molecular flexibility index (Phi) is 5.46. The molecule has 8 heteroatoms. The maximum absolute atomic E-state index is 11.5.